The highest BCUT2D eigenvalue weighted by Crippen LogP contribution is 2.11. The van der Waals surface area contributed by atoms with Crippen LogP contribution in [0.25, 0.3) is 0 Å². The number of carbonyl (C=O) groups excluding carboxylic acids is 1. The van der Waals surface area contributed by atoms with Gasteiger partial charge < -0.3 is 10.6 Å². The van der Waals surface area contributed by atoms with Crippen molar-refractivity contribution in [3.63, 3.8) is 0 Å². The second-order valence-electron chi connectivity index (χ2n) is 5.33. The maximum Gasteiger partial charge on any atom is 0.270 e. The molecule has 0 radical (unpaired) electrons. The number of hydrogen-bond donors (Lipinski definition) is 2. The van der Waals surface area contributed by atoms with Crippen LogP contribution in [0.15, 0.2) is 30.3 Å². The Morgan fingerprint density at radius 3 is 2.55 bits per heavy atom. The molecule has 0 aliphatic carbocycles. The van der Waals surface area contributed by atoms with Crippen molar-refractivity contribution >= 4 is 23.5 Å². The van der Waals surface area contributed by atoms with E-state index in [0.717, 1.165) is 11.3 Å². The molecule has 0 aliphatic heterocycles. The minimum Gasteiger partial charge on any atom is -0.350 e. The van der Waals surface area contributed by atoms with Crippen molar-refractivity contribution in [2.24, 2.45) is 0 Å². The van der Waals surface area contributed by atoms with Crippen molar-refractivity contribution in [2.75, 3.05) is 5.32 Å². The van der Waals surface area contributed by atoms with Crippen LogP contribution in [0, 0.1) is 6.92 Å². The van der Waals surface area contributed by atoms with E-state index in [2.05, 4.69) is 20.6 Å². The van der Waals surface area contributed by atoms with Gasteiger partial charge in [-0.3, -0.25) is 4.79 Å². The summed E-state index contributed by atoms with van der Waals surface area (Å²) in [6.45, 7) is 6.21. The fraction of sp³-hybridized carbons (Fsp3) is 0.312. The lowest BCUT2D eigenvalue weighted by Gasteiger charge is -2.10. The lowest BCUT2D eigenvalue weighted by molar-refractivity contribution is 0.0938. The molecule has 0 fully saturated rings. The van der Waals surface area contributed by atoms with Gasteiger partial charge in [0.25, 0.3) is 5.91 Å². The maximum absolute atomic E-state index is 12.0. The molecule has 1 heterocycles. The first kappa shape index (κ1) is 16.2. The molecule has 0 aliphatic rings. The molecule has 2 aromatic rings. The fourth-order valence-electron chi connectivity index (χ4n) is 1.88. The van der Waals surface area contributed by atoms with Crippen LogP contribution in [0.5, 0.6) is 0 Å². The fourth-order valence-corrected chi connectivity index (χ4v) is 2.01. The van der Waals surface area contributed by atoms with Crippen molar-refractivity contribution in [1.29, 1.82) is 0 Å². The molecule has 2 N–H and O–H groups in total. The quantitative estimate of drug-likeness (QED) is 0.888. The van der Waals surface area contributed by atoms with Gasteiger partial charge >= 0.3 is 0 Å². The Kier molecular flexibility index (Phi) is 5.33. The van der Waals surface area contributed by atoms with E-state index in [1.807, 2.05) is 45.0 Å². The zero-order chi connectivity index (χ0) is 16.1. The molecule has 0 saturated heterocycles. The zero-order valence-corrected chi connectivity index (χ0v) is 13.6. The first-order chi connectivity index (χ1) is 10.4. The Morgan fingerprint density at radius 2 is 1.91 bits per heavy atom. The van der Waals surface area contributed by atoms with Crippen LogP contribution in [0.3, 0.4) is 0 Å². The lowest BCUT2D eigenvalue weighted by Crippen LogP contribution is -2.31. The molecule has 0 atom stereocenters. The summed E-state index contributed by atoms with van der Waals surface area (Å²) in [5.74, 6) is 0.235. The molecular formula is C16H19ClN4O. The number of nitrogens with one attached hydrogen (secondary N) is 2. The number of halogens is 1. The van der Waals surface area contributed by atoms with Crippen LogP contribution in [0.4, 0.5) is 5.95 Å². The molecule has 22 heavy (non-hydrogen) atoms. The highest BCUT2D eigenvalue weighted by atomic mass is 35.5. The van der Waals surface area contributed by atoms with E-state index >= 15 is 0 Å². The first-order valence-corrected chi connectivity index (χ1v) is 7.46. The lowest BCUT2D eigenvalue weighted by atomic mass is 10.2. The number of aryl methyl sites for hydroxylation is 1. The topological polar surface area (TPSA) is 66.9 Å². The number of amides is 1. The summed E-state index contributed by atoms with van der Waals surface area (Å²) < 4.78 is 0. The van der Waals surface area contributed by atoms with Crippen LogP contribution >= 0.6 is 11.6 Å². The van der Waals surface area contributed by atoms with Gasteiger partial charge in [-0.1, -0.05) is 23.7 Å². The van der Waals surface area contributed by atoms with Crippen LogP contribution in [-0.4, -0.2) is 21.9 Å². The van der Waals surface area contributed by atoms with Crippen LogP contribution < -0.4 is 10.6 Å². The summed E-state index contributed by atoms with van der Waals surface area (Å²) in [6.07, 6.45) is 0. The second kappa shape index (κ2) is 7.22. The molecule has 116 valence electrons. The van der Waals surface area contributed by atoms with Gasteiger partial charge in [0.05, 0.1) is 0 Å². The highest BCUT2D eigenvalue weighted by molar-refractivity contribution is 6.30. The number of benzene rings is 1. The number of hydrogen-bond acceptors (Lipinski definition) is 4. The molecule has 0 saturated carbocycles. The van der Waals surface area contributed by atoms with Crippen molar-refractivity contribution in [3.05, 3.63) is 52.3 Å². The van der Waals surface area contributed by atoms with Crippen molar-refractivity contribution < 1.29 is 4.79 Å². The molecule has 2 rings (SSSR count). The summed E-state index contributed by atoms with van der Waals surface area (Å²) in [6, 6.07) is 9.25. The standard InChI is InChI=1S/C16H19ClN4O/c1-10(2)19-15(22)14-8-11(3)20-16(21-14)18-9-12-4-6-13(17)7-5-12/h4-8,10H,9H2,1-3H3,(H,19,22)(H,18,20,21). The number of aromatic nitrogens is 2. The van der Waals surface area contributed by atoms with Crippen LogP contribution in [-0.2, 0) is 6.54 Å². The van der Waals surface area contributed by atoms with E-state index in [9.17, 15) is 4.79 Å². The molecule has 1 aromatic heterocycles. The van der Waals surface area contributed by atoms with Gasteiger partial charge in [0.1, 0.15) is 5.69 Å². The third-order valence-corrected chi connectivity index (χ3v) is 3.12. The SMILES string of the molecule is Cc1cc(C(=O)NC(C)C)nc(NCc2ccc(Cl)cc2)n1. The Hall–Kier alpha value is -2.14. The summed E-state index contributed by atoms with van der Waals surface area (Å²) >= 11 is 5.86. The molecule has 0 unspecified atom stereocenters. The van der Waals surface area contributed by atoms with Crippen LogP contribution in [0.1, 0.15) is 35.6 Å². The van der Waals surface area contributed by atoms with E-state index in [0.29, 0.717) is 23.2 Å². The summed E-state index contributed by atoms with van der Waals surface area (Å²) in [4.78, 5) is 20.6. The predicted octanol–water partition coefficient (Wildman–Crippen LogP) is 3.19. The summed E-state index contributed by atoms with van der Waals surface area (Å²) in [7, 11) is 0. The van der Waals surface area contributed by atoms with Gasteiger partial charge in [0.15, 0.2) is 0 Å². The minimum absolute atomic E-state index is 0.0632. The number of rotatable bonds is 5. The Balaban J connectivity index is 2.09. The van der Waals surface area contributed by atoms with Gasteiger partial charge in [-0.2, -0.15) is 0 Å². The van der Waals surface area contributed by atoms with Gasteiger partial charge in [-0.15, -0.1) is 0 Å². The summed E-state index contributed by atoms with van der Waals surface area (Å²) in [5.41, 5.74) is 2.16. The van der Waals surface area contributed by atoms with E-state index in [4.69, 9.17) is 11.6 Å². The summed E-state index contributed by atoms with van der Waals surface area (Å²) in [5, 5.41) is 6.64. The maximum atomic E-state index is 12.0. The van der Waals surface area contributed by atoms with E-state index in [-0.39, 0.29) is 11.9 Å². The van der Waals surface area contributed by atoms with Gasteiger partial charge in [0.2, 0.25) is 5.95 Å². The molecule has 5 nitrogen and oxygen atoms in total. The first-order valence-electron chi connectivity index (χ1n) is 7.09. The largest absolute Gasteiger partial charge is 0.350 e. The predicted molar refractivity (Wildman–Crippen MR) is 88.1 cm³/mol. The van der Waals surface area contributed by atoms with Crippen molar-refractivity contribution in [3.8, 4) is 0 Å². The normalized spacial score (nSPS) is 10.6. The van der Waals surface area contributed by atoms with E-state index in [1.54, 1.807) is 6.07 Å². The van der Waals surface area contributed by atoms with Gasteiger partial charge in [-0.05, 0) is 44.5 Å². The molecule has 1 amide bonds. The van der Waals surface area contributed by atoms with Crippen molar-refractivity contribution in [2.45, 2.75) is 33.4 Å². The third kappa shape index (κ3) is 4.70. The van der Waals surface area contributed by atoms with E-state index in [1.165, 1.54) is 0 Å². The number of anilines is 1. The number of carbonyl (C=O) groups is 1. The molecule has 0 bridgehead atoms. The number of nitrogens with zero attached hydrogens (tertiary/aromatic N) is 2. The second-order valence-corrected chi connectivity index (χ2v) is 5.76. The van der Waals surface area contributed by atoms with Gasteiger partial charge in [-0.25, -0.2) is 9.97 Å². The average Bonchev–Trinajstić information content (AvgIpc) is 2.45. The molecular weight excluding hydrogens is 300 g/mol. The van der Waals surface area contributed by atoms with Crippen LogP contribution in [0.2, 0.25) is 5.02 Å². The zero-order valence-electron chi connectivity index (χ0n) is 12.9. The third-order valence-electron chi connectivity index (χ3n) is 2.87. The Labute approximate surface area is 135 Å². The smallest absolute Gasteiger partial charge is 0.270 e. The molecule has 6 heteroatoms. The monoisotopic (exact) mass is 318 g/mol. The molecule has 0 spiro atoms. The molecule has 1 aromatic carbocycles. The Bertz CT molecular complexity index is 656. The van der Waals surface area contributed by atoms with Crippen molar-refractivity contribution in [1.82, 2.24) is 15.3 Å². The Morgan fingerprint density at radius 1 is 1.23 bits per heavy atom. The minimum atomic E-state index is -0.199. The average molecular weight is 319 g/mol. The van der Waals surface area contributed by atoms with Gasteiger partial charge in [0, 0.05) is 23.3 Å². The highest BCUT2D eigenvalue weighted by Gasteiger charge is 2.11. The van der Waals surface area contributed by atoms with E-state index < -0.39 is 0 Å².